The van der Waals surface area contributed by atoms with Crippen molar-refractivity contribution < 1.29 is 4.79 Å². The lowest BCUT2D eigenvalue weighted by atomic mass is 10.2. The second kappa shape index (κ2) is 10.6. The van der Waals surface area contributed by atoms with Crippen LogP contribution < -0.4 is 5.32 Å². The number of hydrogen-bond donors (Lipinski definition) is 1. The first-order valence-electron chi connectivity index (χ1n) is 8.33. The summed E-state index contributed by atoms with van der Waals surface area (Å²) < 4.78 is 2.05. The van der Waals surface area contributed by atoms with E-state index < -0.39 is 0 Å². The fourth-order valence-corrected chi connectivity index (χ4v) is 3.02. The Bertz CT molecular complexity index is 622. The zero-order chi connectivity index (χ0) is 16.1. The zero-order valence-corrected chi connectivity index (χ0v) is 16.2. The van der Waals surface area contributed by atoms with Crippen LogP contribution in [0.4, 0.5) is 0 Å². The van der Waals surface area contributed by atoms with Gasteiger partial charge in [0.05, 0.1) is 5.69 Å². The van der Waals surface area contributed by atoms with Gasteiger partial charge in [-0.15, -0.1) is 24.8 Å². The Labute approximate surface area is 161 Å². The number of fused-ring (bicyclic) bond motifs is 1. The van der Waals surface area contributed by atoms with Crippen molar-refractivity contribution in [2.75, 3.05) is 39.8 Å². The van der Waals surface area contributed by atoms with E-state index in [4.69, 9.17) is 0 Å². The lowest BCUT2D eigenvalue weighted by molar-refractivity contribution is -0.133. The predicted octanol–water partition coefficient (Wildman–Crippen LogP) is 1.82. The molecule has 0 saturated carbocycles. The highest BCUT2D eigenvalue weighted by Gasteiger charge is 2.21. The molecule has 140 valence electrons. The molecule has 2 aromatic heterocycles. The number of piperazine rings is 1. The first kappa shape index (κ1) is 21.7. The van der Waals surface area contributed by atoms with E-state index in [-0.39, 0.29) is 30.7 Å². The van der Waals surface area contributed by atoms with Crippen molar-refractivity contribution in [1.82, 2.24) is 24.5 Å². The van der Waals surface area contributed by atoms with Crippen molar-refractivity contribution in [1.29, 1.82) is 0 Å². The molecule has 3 rings (SSSR count). The van der Waals surface area contributed by atoms with Crippen LogP contribution in [0.5, 0.6) is 0 Å². The summed E-state index contributed by atoms with van der Waals surface area (Å²) in [5, 5.41) is 3.08. The third-order valence-corrected chi connectivity index (χ3v) is 4.34. The molecule has 25 heavy (non-hydrogen) atoms. The van der Waals surface area contributed by atoms with Gasteiger partial charge in [-0.25, -0.2) is 4.98 Å². The van der Waals surface area contributed by atoms with E-state index in [1.54, 1.807) is 0 Å². The maximum Gasteiger partial charge on any atom is 0.222 e. The van der Waals surface area contributed by atoms with Gasteiger partial charge in [-0.05, 0) is 32.1 Å². The Kier molecular flexibility index (Phi) is 9.21. The molecule has 3 heterocycles. The SMILES string of the molecule is CNCCCC(=O)N1CCN(Cc2cn3ccccc3n2)CC1.Cl.Cl. The minimum atomic E-state index is 0. The van der Waals surface area contributed by atoms with E-state index >= 15 is 0 Å². The van der Waals surface area contributed by atoms with Crippen LogP contribution in [0.2, 0.25) is 0 Å². The Hall–Kier alpha value is -1.34. The summed E-state index contributed by atoms with van der Waals surface area (Å²) >= 11 is 0. The quantitative estimate of drug-likeness (QED) is 0.768. The molecule has 2 aromatic rings. The lowest BCUT2D eigenvalue weighted by Gasteiger charge is -2.34. The van der Waals surface area contributed by atoms with Crippen molar-refractivity contribution >= 4 is 36.4 Å². The Morgan fingerprint density at radius 3 is 2.64 bits per heavy atom. The molecule has 8 heteroatoms. The highest BCUT2D eigenvalue weighted by Crippen LogP contribution is 2.11. The number of nitrogens with one attached hydrogen (secondary N) is 1. The number of aromatic nitrogens is 2. The van der Waals surface area contributed by atoms with Crippen molar-refractivity contribution in [3.63, 3.8) is 0 Å². The van der Waals surface area contributed by atoms with E-state index in [0.29, 0.717) is 6.42 Å². The summed E-state index contributed by atoms with van der Waals surface area (Å²) in [6, 6.07) is 6.03. The molecule has 6 nitrogen and oxygen atoms in total. The molecule has 0 aliphatic carbocycles. The average Bonchev–Trinajstić information content (AvgIpc) is 2.98. The Morgan fingerprint density at radius 2 is 1.96 bits per heavy atom. The molecule has 0 spiro atoms. The number of carbonyl (C=O) groups excluding carboxylic acids is 1. The standard InChI is InChI=1S/C17H25N5O.2ClH/c1-18-7-4-6-17(23)21-11-9-20(10-12-21)13-15-14-22-8-3-2-5-16(22)19-15;;/h2-3,5,8,14,18H,4,6-7,9-13H2,1H3;2*1H. The third kappa shape index (κ3) is 5.85. The summed E-state index contributed by atoms with van der Waals surface area (Å²) in [7, 11) is 1.92. The molecule has 1 aliphatic rings. The second-order valence-corrected chi connectivity index (χ2v) is 6.06. The molecule has 1 fully saturated rings. The summed E-state index contributed by atoms with van der Waals surface area (Å²) in [4.78, 5) is 21.1. The average molecular weight is 388 g/mol. The number of hydrogen-bond acceptors (Lipinski definition) is 4. The van der Waals surface area contributed by atoms with Crippen LogP contribution in [0, 0.1) is 0 Å². The molecular formula is C17H27Cl2N5O. The normalized spacial score (nSPS) is 14.8. The van der Waals surface area contributed by atoms with Crippen LogP contribution in [0.15, 0.2) is 30.6 Å². The topological polar surface area (TPSA) is 52.9 Å². The molecule has 1 amide bonds. The molecule has 0 bridgehead atoms. The van der Waals surface area contributed by atoms with Gasteiger partial charge in [-0.1, -0.05) is 6.07 Å². The highest BCUT2D eigenvalue weighted by atomic mass is 35.5. The van der Waals surface area contributed by atoms with Gasteiger partial charge in [-0.2, -0.15) is 0 Å². The minimum Gasteiger partial charge on any atom is -0.340 e. The van der Waals surface area contributed by atoms with Crippen LogP contribution in [0.1, 0.15) is 18.5 Å². The summed E-state index contributed by atoms with van der Waals surface area (Å²) in [6.07, 6.45) is 5.67. The molecule has 0 unspecified atom stereocenters. The van der Waals surface area contributed by atoms with Gasteiger partial charge in [0.25, 0.3) is 0 Å². The first-order valence-corrected chi connectivity index (χ1v) is 8.33. The molecule has 1 saturated heterocycles. The van der Waals surface area contributed by atoms with Gasteiger partial charge < -0.3 is 14.6 Å². The van der Waals surface area contributed by atoms with Crippen LogP contribution in [0.25, 0.3) is 5.65 Å². The van der Waals surface area contributed by atoms with E-state index in [2.05, 4.69) is 25.8 Å². The zero-order valence-electron chi connectivity index (χ0n) is 14.6. The number of carbonyl (C=O) groups is 1. The molecule has 0 aromatic carbocycles. The van der Waals surface area contributed by atoms with Crippen molar-refractivity contribution in [3.05, 3.63) is 36.3 Å². The number of amides is 1. The molecule has 0 atom stereocenters. The number of nitrogens with zero attached hydrogens (tertiary/aromatic N) is 4. The van der Waals surface area contributed by atoms with Crippen molar-refractivity contribution in [3.8, 4) is 0 Å². The lowest BCUT2D eigenvalue weighted by Crippen LogP contribution is -2.48. The Morgan fingerprint density at radius 1 is 1.20 bits per heavy atom. The highest BCUT2D eigenvalue weighted by molar-refractivity contribution is 5.85. The van der Waals surface area contributed by atoms with Crippen molar-refractivity contribution in [2.24, 2.45) is 0 Å². The van der Waals surface area contributed by atoms with Gasteiger partial charge in [0.1, 0.15) is 5.65 Å². The molecule has 0 radical (unpaired) electrons. The van der Waals surface area contributed by atoms with Crippen molar-refractivity contribution in [2.45, 2.75) is 19.4 Å². The Balaban J connectivity index is 0.00000156. The number of halogens is 2. The van der Waals surface area contributed by atoms with E-state index in [0.717, 1.165) is 57.0 Å². The van der Waals surface area contributed by atoms with Gasteiger partial charge in [0, 0.05) is 51.5 Å². The summed E-state index contributed by atoms with van der Waals surface area (Å²) in [6.45, 7) is 5.25. The van der Waals surface area contributed by atoms with Crippen LogP contribution in [0.3, 0.4) is 0 Å². The third-order valence-electron chi connectivity index (χ3n) is 4.34. The summed E-state index contributed by atoms with van der Waals surface area (Å²) in [5.74, 6) is 0.285. The molecule has 1 N–H and O–H groups in total. The maximum atomic E-state index is 12.1. The van der Waals surface area contributed by atoms with E-state index in [1.165, 1.54) is 0 Å². The maximum absolute atomic E-state index is 12.1. The monoisotopic (exact) mass is 387 g/mol. The summed E-state index contributed by atoms with van der Waals surface area (Å²) in [5.41, 5.74) is 2.07. The number of rotatable bonds is 6. The fraction of sp³-hybridized carbons (Fsp3) is 0.529. The second-order valence-electron chi connectivity index (χ2n) is 6.06. The number of imidazole rings is 1. The molecular weight excluding hydrogens is 361 g/mol. The fourth-order valence-electron chi connectivity index (χ4n) is 3.02. The van der Waals surface area contributed by atoms with Crippen LogP contribution in [-0.4, -0.2) is 64.9 Å². The van der Waals surface area contributed by atoms with E-state index in [1.807, 2.05) is 36.3 Å². The van der Waals surface area contributed by atoms with Gasteiger partial charge in [-0.3, -0.25) is 9.69 Å². The molecule has 1 aliphatic heterocycles. The largest absolute Gasteiger partial charge is 0.340 e. The smallest absolute Gasteiger partial charge is 0.222 e. The van der Waals surface area contributed by atoms with Crippen LogP contribution in [-0.2, 0) is 11.3 Å². The van der Waals surface area contributed by atoms with Gasteiger partial charge in [0.2, 0.25) is 5.91 Å². The van der Waals surface area contributed by atoms with Gasteiger partial charge >= 0.3 is 0 Å². The van der Waals surface area contributed by atoms with Crippen LogP contribution >= 0.6 is 24.8 Å². The predicted molar refractivity (Wildman–Crippen MR) is 105 cm³/mol. The van der Waals surface area contributed by atoms with Gasteiger partial charge in [0.15, 0.2) is 0 Å². The minimum absolute atomic E-state index is 0. The number of pyridine rings is 1. The first-order chi connectivity index (χ1) is 11.3. The van der Waals surface area contributed by atoms with E-state index in [9.17, 15) is 4.79 Å².